The average Bonchev–Trinajstić information content (AvgIpc) is 2.88. The van der Waals surface area contributed by atoms with E-state index < -0.39 is 0 Å². The quantitative estimate of drug-likeness (QED) is 0.691. The molecule has 2 fully saturated rings. The molecule has 2 unspecified atom stereocenters. The van der Waals surface area contributed by atoms with Crippen LogP contribution in [0.4, 0.5) is 0 Å². The minimum absolute atomic E-state index is 0.487. The van der Waals surface area contributed by atoms with Gasteiger partial charge >= 0.3 is 0 Å². The highest BCUT2D eigenvalue weighted by atomic mass is 14.9. The third-order valence-electron chi connectivity index (χ3n) is 3.39. The van der Waals surface area contributed by atoms with Crippen molar-refractivity contribution in [3.8, 4) is 0 Å². The molecule has 0 aliphatic heterocycles. The molecule has 2 heteroatoms. The number of nitrogens with two attached hydrogens (primary N) is 1. The summed E-state index contributed by atoms with van der Waals surface area (Å²) in [5, 5.41) is 3.58. The standard InChI is InChI=1S/C11H22N2/c12-11-3-1-2-10(6-11)8-13-7-9-4-5-9/h9-11,13H,1-8,12H2. The molecule has 0 bridgehead atoms. The molecule has 2 rings (SSSR count). The molecule has 0 aromatic carbocycles. The molecule has 2 atom stereocenters. The Morgan fingerprint density at radius 1 is 1.00 bits per heavy atom. The van der Waals surface area contributed by atoms with E-state index in [1.165, 1.54) is 51.6 Å². The zero-order valence-electron chi connectivity index (χ0n) is 8.47. The van der Waals surface area contributed by atoms with Crippen molar-refractivity contribution >= 4 is 0 Å². The Kier molecular flexibility index (Phi) is 3.23. The van der Waals surface area contributed by atoms with E-state index in [0.717, 1.165) is 11.8 Å². The molecule has 2 aliphatic carbocycles. The van der Waals surface area contributed by atoms with Crippen molar-refractivity contribution in [3.05, 3.63) is 0 Å². The van der Waals surface area contributed by atoms with Crippen LogP contribution < -0.4 is 11.1 Å². The Balaban J connectivity index is 1.56. The zero-order chi connectivity index (χ0) is 9.10. The van der Waals surface area contributed by atoms with Crippen LogP contribution in [0.2, 0.25) is 0 Å². The van der Waals surface area contributed by atoms with E-state index in [-0.39, 0.29) is 0 Å². The molecule has 2 saturated carbocycles. The second kappa shape index (κ2) is 4.43. The van der Waals surface area contributed by atoms with Crippen molar-refractivity contribution < 1.29 is 0 Å². The van der Waals surface area contributed by atoms with E-state index >= 15 is 0 Å². The van der Waals surface area contributed by atoms with E-state index in [1.54, 1.807) is 0 Å². The first-order valence-corrected chi connectivity index (χ1v) is 5.81. The highest BCUT2D eigenvalue weighted by Crippen LogP contribution is 2.28. The van der Waals surface area contributed by atoms with Gasteiger partial charge in [0.05, 0.1) is 0 Å². The summed E-state index contributed by atoms with van der Waals surface area (Å²) >= 11 is 0. The average molecular weight is 182 g/mol. The van der Waals surface area contributed by atoms with E-state index in [0.29, 0.717) is 6.04 Å². The Labute approximate surface area is 81.3 Å². The summed E-state index contributed by atoms with van der Waals surface area (Å²) in [6.45, 7) is 2.47. The Bertz CT molecular complexity index is 154. The molecular weight excluding hydrogens is 160 g/mol. The first-order valence-electron chi connectivity index (χ1n) is 5.81. The summed E-state index contributed by atoms with van der Waals surface area (Å²) in [7, 11) is 0. The maximum Gasteiger partial charge on any atom is 0.00419 e. The molecule has 0 amide bonds. The topological polar surface area (TPSA) is 38.0 Å². The fourth-order valence-electron chi connectivity index (χ4n) is 2.33. The lowest BCUT2D eigenvalue weighted by Crippen LogP contribution is -2.33. The third kappa shape index (κ3) is 3.28. The summed E-state index contributed by atoms with van der Waals surface area (Å²) in [5.41, 5.74) is 5.94. The lowest BCUT2D eigenvalue weighted by atomic mass is 9.86. The monoisotopic (exact) mass is 182 g/mol. The van der Waals surface area contributed by atoms with Crippen LogP contribution in [0.25, 0.3) is 0 Å². The third-order valence-corrected chi connectivity index (χ3v) is 3.39. The van der Waals surface area contributed by atoms with Crippen LogP contribution >= 0.6 is 0 Å². The van der Waals surface area contributed by atoms with Crippen LogP contribution in [0.5, 0.6) is 0 Å². The maximum absolute atomic E-state index is 5.94. The molecule has 76 valence electrons. The SMILES string of the molecule is NC1CCCC(CNCC2CC2)C1. The number of hydrogen-bond donors (Lipinski definition) is 2. The van der Waals surface area contributed by atoms with E-state index in [9.17, 15) is 0 Å². The van der Waals surface area contributed by atoms with E-state index in [2.05, 4.69) is 5.32 Å². The van der Waals surface area contributed by atoms with Gasteiger partial charge in [-0.2, -0.15) is 0 Å². The lowest BCUT2D eigenvalue weighted by molar-refractivity contribution is 0.310. The molecule has 0 aromatic rings. The molecule has 2 nitrogen and oxygen atoms in total. The first kappa shape index (κ1) is 9.47. The van der Waals surface area contributed by atoms with Gasteiger partial charge in [-0.05, 0) is 57.0 Å². The van der Waals surface area contributed by atoms with Crippen LogP contribution in [0.3, 0.4) is 0 Å². The second-order valence-electron chi connectivity index (χ2n) is 4.89. The van der Waals surface area contributed by atoms with Gasteiger partial charge < -0.3 is 11.1 Å². The van der Waals surface area contributed by atoms with Crippen LogP contribution in [0.15, 0.2) is 0 Å². The second-order valence-corrected chi connectivity index (χ2v) is 4.89. The van der Waals surface area contributed by atoms with Gasteiger partial charge in [-0.15, -0.1) is 0 Å². The molecule has 2 aliphatic rings. The molecule has 0 saturated heterocycles. The molecule has 0 aromatic heterocycles. The van der Waals surface area contributed by atoms with Crippen LogP contribution in [0.1, 0.15) is 38.5 Å². The predicted molar refractivity (Wildman–Crippen MR) is 55.5 cm³/mol. The van der Waals surface area contributed by atoms with Gasteiger partial charge in [-0.1, -0.05) is 6.42 Å². The molecular formula is C11H22N2. The van der Waals surface area contributed by atoms with Crippen molar-refractivity contribution in [2.75, 3.05) is 13.1 Å². The van der Waals surface area contributed by atoms with Gasteiger partial charge in [-0.3, -0.25) is 0 Å². The summed E-state index contributed by atoms with van der Waals surface area (Å²) < 4.78 is 0. The summed E-state index contributed by atoms with van der Waals surface area (Å²) in [6.07, 6.45) is 8.15. The van der Waals surface area contributed by atoms with E-state index in [1.807, 2.05) is 0 Å². The van der Waals surface area contributed by atoms with Gasteiger partial charge in [0, 0.05) is 6.04 Å². The minimum atomic E-state index is 0.487. The van der Waals surface area contributed by atoms with Crippen molar-refractivity contribution in [3.63, 3.8) is 0 Å². The Morgan fingerprint density at radius 3 is 2.46 bits per heavy atom. The highest BCUT2D eigenvalue weighted by molar-refractivity contribution is 4.79. The normalized spacial score (nSPS) is 34.8. The van der Waals surface area contributed by atoms with Crippen molar-refractivity contribution in [1.29, 1.82) is 0 Å². The molecule has 0 spiro atoms. The summed E-state index contributed by atoms with van der Waals surface area (Å²) in [5.74, 6) is 1.87. The molecule has 0 heterocycles. The van der Waals surface area contributed by atoms with Gasteiger partial charge in [0.15, 0.2) is 0 Å². The fourth-order valence-corrected chi connectivity index (χ4v) is 2.33. The van der Waals surface area contributed by atoms with Gasteiger partial charge in [0.2, 0.25) is 0 Å². The molecule has 0 radical (unpaired) electrons. The van der Waals surface area contributed by atoms with Gasteiger partial charge in [0.25, 0.3) is 0 Å². The predicted octanol–water partition coefficient (Wildman–Crippen LogP) is 1.50. The van der Waals surface area contributed by atoms with Gasteiger partial charge in [-0.25, -0.2) is 0 Å². The largest absolute Gasteiger partial charge is 0.328 e. The van der Waals surface area contributed by atoms with Crippen LogP contribution in [-0.4, -0.2) is 19.1 Å². The van der Waals surface area contributed by atoms with E-state index in [4.69, 9.17) is 5.73 Å². The zero-order valence-corrected chi connectivity index (χ0v) is 8.47. The number of rotatable bonds is 4. The maximum atomic E-state index is 5.94. The Hall–Kier alpha value is -0.0800. The number of hydrogen-bond acceptors (Lipinski definition) is 2. The first-order chi connectivity index (χ1) is 6.34. The lowest BCUT2D eigenvalue weighted by Gasteiger charge is -2.26. The van der Waals surface area contributed by atoms with Gasteiger partial charge in [0.1, 0.15) is 0 Å². The number of nitrogens with one attached hydrogen (secondary N) is 1. The van der Waals surface area contributed by atoms with Crippen molar-refractivity contribution in [2.24, 2.45) is 17.6 Å². The molecule has 3 N–H and O–H groups in total. The van der Waals surface area contributed by atoms with Crippen LogP contribution in [-0.2, 0) is 0 Å². The van der Waals surface area contributed by atoms with Crippen LogP contribution in [0, 0.1) is 11.8 Å². The fraction of sp³-hybridized carbons (Fsp3) is 1.00. The Morgan fingerprint density at radius 2 is 1.77 bits per heavy atom. The summed E-state index contributed by atoms with van der Waals surface area (Å²) in [6, 6.07) is 0.487. The van der Waals surface area contributed by atoms with Crippen molar-refractivity contribution in [2.45, 2.75) is 44.6 Å². The summed E-state index contributed by atoms with van der Waals surface area (Å²) in [4.78, 5) is 0. The minimum Gasteiger partial charge on any atom is -0.328 e. The molecule has 13 heavy (non-hydrogen) atoms. The van der Waals surface area contributed by atoms with Crippen molar-refractivity contribution in [1.82, 2.24) is 5.32 Å². The smallest absolute Gasteiger partial charge is 0.00419 e. The highest BCUT2D eigenvalue weighted by Gasteiger charge is 2.22.